The molecular weight excluding hydrogens is 246 g/mol. The smallest absolute Gasteiger partial charge is 0.224 e. The summed E-state index contributed by atoms with van der Waals surface area (Å²) in [6.45, 7) is 8.34. The second-order valence-corrected chi connectivity index (χ2v) is 4.74. The summed E-state index contributed by atoms with van der Waals surface area (Å²) < 4.78 is 5.19. The Bertz CT molecular complexity index is 291. The van der Waals surface area contributed by atoms with Crippen LogP contribution in [-0.2, 0) is 14.3 Å². The summed E-state index contributed by atoms with van der Waals surface area (Å²) in [5.74, 6) is 0.0112. The van der Waals surface area contributed by atoms with Crippen LogP contribution < -0.4 is 10.6 Å². The minimum atomic E-state index is -0.0709. The molecule has 1 rings (SSSR count). The number of carbonyl (C=O) groups excluding carboxylic acids is 2. The molecule has 1 fully saturated rings. The third-order valence-electron chi connectivity index (χ3n) is 3.15. The topological polar surface area (TPSA) is 70.7 Å². The van der Waals surface area contributed by atoms with Crippen molar-refractivity contribution in [3.05, 3.63) is 0 Å². The van der Waals surface area contributed by atoms with E-state index in [9.17, 15) is 9.59 Å². The number of rotatable bonds is 7. The molecule has 0 saturated carbocycles. The van der Waals surface area contributed by atoms with E-state index in [1.54, 1.807) is 4.90 Å². The summed E-state index contributed by atoms with van der Waals surface area (Å²) >= 11 is 0. The highest BCUT2D eigenvalue weighted by Gasteiger charge is 2.17. The number of hydrogen-bond donors (Lipinski definition) is 2. The number of morpholine rings is 1. The van der Waals surface area contributed by atoms with Gasteiger partial charge in [-0.3, -0.25) is 9.59 Å². The third kappa shape index (κ3) is 6.02. The second-order valence-electron chi connectivity index (χ2n) is 4.74. The average molecular weight is 271 g/mol. The molecule has 0 aliphatic carbocycles. The first-order valence-electron chi connectivity index (χ1n) is 6.99. The monoisotopic (exact) mass is 271 g/mol. The Morgan fingerprint density at radius 1 is 1.32 bits per heavy atom. The van der Waals surface area contributed by atoms with E-state index < -0.39 is 0 Å². The van der Waals surface area contributed by atoms with Gasteiger partial charge in [0.1, 0.15) is 0 Å². The number of ether oxygens (including phenoxy) is 1. The highest BCUT2D eigenvalue weighted by Crippen LogP contribution is 2.00. The van der Waals surface area contributed by atoms with E-state index in [1.807, 2.05) is 13.8 Å². The van der Waals surface area contributed by atoms with Gasteiger partial charge in [-0.05, 0) is 6.54 Å². The van der Waals surface area contributed by atoms with Gasteiger partial charge in [0, 0.05) is 38.5 Å². The molecule has 2 amide bonds. The fourth-order valence-corrected chi connectivity index (χ4v) is 1.89. The predicted octanol–water partition coefficient (Wildman–Crippen LogP) is -0.403. The normalized spacial score (nSPS) is 17.1. The minimum Gasteiger partial charge on any atom is -0.378 e. The maximum atomic E-state index is 11.8. The number of amides is 2. The van der Waals surface area contributed by atoms with Crippen LogP contribution in [0.4, 0.5) is 0 Å². The Morgan fingerprint density at radius 3 is 2.63 bits per heavy atom. The maximum absolute atomic E-state index is 11.8. The molecule has 6 heteroatoms. The van der Waals surface area contributed by atoms with E-state index in [-0.39, 0.29) is 17.7 Å². The Morgan fingerprint density at radius 2 is 2.00 bits per heavy atom. The van der Waals surface area contributed by atoms with Gasteiger partial charge in [-0.15, -0.1) is 0 Å². The lowest BCUT2D eigenvalue weighted by molar-refractivity contribution is -0.135. The first-order chi connectivity index (χ1) is 9.15. The van der Waals surface area contributed by atoms with Crippen molar-refractivity contribution < 1.29 is 14.3 Å². The molecule has 0 aromatic heterocycles. The van der Waals surface area contributed by atoms with Crippen LogP contribution in [0.25, 0.3) is 0 Å². The fourth-order valence-electron chi connectivity index (χ4n) is 1.89. The van der Waals surface area contributed by atoms with Gasteiger partial charge in [0.2, 0.25) is 11.8 Å². The molecule has 0 radical (unpaired) electrons. The van der Waals surface area contributed by atoms with E-state index in [1.165, 1.54) is 0 Å². The van der Waals surface area contributed by atoms with Crippen LogP contribution in [0.15, 0.2) is 0 Å². The summed E-state index contributed by atoms with van der Waals surface area (Å²) in [5.41, 5.74) is 0. The SMILES string of the molecule is CCNCC(C)C(=O)NCCC(=O)N1CCOCC1. The van der Waals surface area contributed by atoms with Crippen molar-refractivity contribution >= 4 is 11.8 Å². The van der Waals surface area contributed by atoms with E-state index in [4.69, 9.17) is 4.74 Å². The van der Waals surface area contributed by atoms with Gasteiger partial charge in [-0.25, -0.2) is 0 Å². The summed E-state index contributed by atoms with van der Waals surface area (Å²) in [5, 5.41) is 5.93. The number of nitrogens with zero attached hydrogens (tertiary/aromatic N) is 1. The van der Waals surface area contributed by atoms with E-state index >= 15 is 0 Å². The van der Waals surface area contributed by atoms with Gasteiger partial charge in [-0.2, -0.15) is 0 Å². The molecule has 1 unspecified atom stereocenters. The van der Waals surface area contributed by atoms with Gasteiger partial charge >= 0.3 is 0 Å². The van der Waals surface area contributed by atoms with Crippen LogP contribution >= 0.6 is 0 Å². The minimum absolute atomic E-state index is 0.00396. The van der Waals surface area contributed by atoms with Crippen molar-refractivity contribution in [1.29, 1.82) is 0 Å². The molecule has 1 atom stereocenters. The first-order valence-corrected chi connectivity index (χ1v) is 6.99. The number of carbonyl (C=O) groups is 2. The summed E-state index contributed by atoms with van der Waals surface area (Å²) in [7, 11) is 0. The standard InChI is InChI=1S/C13H25N3O3/c1-3-14-10-11(2)13(18)15-5-4-12(17)16-6-8-19-9-7-16/h11,14H,3-10H2,1-2H3,(H,15,18). The van der Waals surface area contributed by atoms with Crippen LogP contribution in [0.5, 0.6) is 0 Å². The Labute approximate surface area is 114 Å². The molecule has 0 spiro atoms. The van der Waals surface area contributed by atoms with E-state index in [0.717, 1.165) is 6.54 Å². The zero-order valence-corrected chi connectivity index (χ0v) is 11.9. The molecule has 2 N–H and O–H groups in total. The van der Waals surface area contributed by atoms with Crippen molar-refractivity contribution in [2.24, 2.45) is 5.92 Å². The van der Waals surface area contributed by atoms with Crippen LogP contribution in [0.1, 0.15) is 20.3 Å². The lowest BCUT2D eigenvalue weighted by atomic mass is 10.1. The molecule has 0 aromatic rings. The molecule has 0 bridgehead atoms. The molecule has 1 saturated heterocycles. The highest BCUT2D eigenvalue weighted by molar-refractivity contribution is 5.80. The maximum Gasteiger partial charge on any atom is 0.224 e. The van der Waals surface area contributed by atoms with Crippen molar-refractivity contribution in [3.63, 3.8) is 0 Å². The van der Waals surface area contributed by atoms with Gasteiger partial charge < -0.3 is 20.3 Å². The molecule has 1 heterocycles. The Balaban J connectivity index is 2.14. The van der Waals surface area contributed by atoms with Gasteiger partial charge in [0.15, 0.2) is 0 Å². The van der Waals surface area contributed by atoms with E-state index in [2.05, 4.69) is 10.6 Å². The van der Waals surface area contributed by atoms with Gasteiger partial charge in [-0.1, -0.05) is 13.8 Å². The number of hydrogen-bond acceptors (Lipinski definition) is 4. The summed E-state index contributed by atoms with van der Waals surface area (Å²) in [6.07, 6.45) is 0.361. The lowest BCUT2D eigenvalue weighted by Crippen LogP contribution is -2.42. The van der Waals surface area contributed by atoms with Crippen molar-refractivity contribution in [1.82, 2.24) is 15.5 Å². The Kier molecular flexibility index (Phi) is 7.43. The van der Waals surface area contributed by atoms with Gasteiger partial charge in [0.05, 0.1) is 13.2 Å². The van der Waals surface area contributed by atoms with Crippen LogP contribution in [0, 0.1) is 5.92 Å². The number of nitrogens with one attached hydrogen (secondary N) is 2. The molecule has 19 heavy (non-hydrogen) atoms. The van der Waals surface area contributed by atoms with Gasteiger partial charge in [0.25, 0.3) is 0 Å². The molecule has 6 nitrogen and oxygen atoms in total. The summed E-state index contributed by atoms with van der Waals surface area (Å²) in [6, 6.07) is 0. The third-order valence-corrected chi connectivity index (χ3v) is 3.15. The van der Waals surface area contributed by atoms with Crippen molar-refractivity contribution in [3.8, 4) is 0 Å². The zero-order valence-electron chi connectivity index (χ0n) is 11.9. The lowest BCUT2D eigenvalue weighted by Gasteiger charge is -2.26. The van der Waals surface area contributed by atoms with Crippen molar-refractivity contribution in [2.75, 3.05) is 45.9 Å². The molecule has 0 aromatic carbocycles. The molecular formula is C13H25N3O3. The predicted molar refractivity (Wildman–Crippen MR) is 72.7 cm³/mol. The average Bonchev–Trinajstić information content (AvgIpc) is 2.45. The molecule has 1 aliphatic rings. The summed E-state index contributed by atoms with van der Waals surface area (Å²) in [4.78, 5) is 25.3. The van der Waals surface area contributed by atoms with Crippen molar-refractivity contribution in [2.45, 2.75) is 20.3 Å². The van der Waals surface area contributed by atoms with Crippen LogP contribution in [-0.4, -0.2) is 62.7 Å². The largest absolute Gasteiger partial charge is 0.378 e. The quantitative estimate of drug-likeness (QED) is 0.661. The highest BCUT2D eigenvalue weighted by atomic mass is 16.5. The molecule has 1 aliphatic heterocycles. The van der Waals surface area contributed by atoms with Crippen LogP contribution in [0.2, 0.25) is 0 Å². The molecule has 110 valence electrons. The first kappa shape index (κ1) is 15.9. The zero-order chi connectivity index (χ0) is 14.1. The Hall–Kier alpha value is -1.14. The van der Waals surface area contributed by atoms with E-state index in [0.29, 0.717) is 45.8 Å². The second kappa shape index (κ2) is 8.87. The van der Waals surface area contributed by atoms with Crippen LogP contribution in [0.3, 0.4) is 0 Å². The fraction of sp³-hybridized carbons (Fsp3) is 0.846.